The molecule has 0 radical (unpaired) electrons. The minimum Gasteiger partial charge on any atom is -0.484 e. The Hall–Kier alpha value is -4.00. The highest BCUT2D eigenvalue weighted by Crippen LogP contribution is 2.18. The van der Waals surface area contributed by atoms with Crippen molar-refractivity contribution in [2.24, 2.45) is 0 Å². The topological polar surface area (TPSA) is 98.5 Å². The summed E-state index contributed by atoms with van der Waals surface area (Å²) in [6.07, 6.45) is 0. The van der Waals surface area contributed by atoms with Crippen LogP contribution in [0.3, 0.4) is 0 Å². The van der Waals surface area contributed by atoms with Gasteiger partial charge in [-0.3, -0.25) is 19.7 Å². The molecule has 0 spiro atoms. The van der Waals surface area contributed by atoms with Gasteiger partial charge in [0, 0.05) is 28.9 Å². The van der Waals surface area contributed by atoms with Crippen molar-refractivity contribution >= 4 is 23.1 Å². The fourth-order valence-electron chi connectivity index (χ4n) is 2.50. The van der Waals surface area contributed by atoms with Crippen LogP contribution in [0, 0.1) is 10.1 Å². The summed E-state index contributed by atoms with van der Waals surface area (Å²) in [5.41, 5.74) is 1.30. The SMILES string of the molecule is O=C(COc1ccc(C(=O)c2ccccc2)cc1)Nc1cccc([N+](=O)[O-])c1. The van der Waals surface area contributed by atoms with Gasteiger partial charge in [0.25, 0.3) is 11.6 Å². The summed E-state index contributed by atoms with van der Waals surface area (Å²) < 4.78 is 5.40. The van der Waals surface area contributed by atoms with E-state index in [0.717, 1.165) is 0 Å². The van der Waals surface area contributed by atoms with Gasteiger partial charge in [-0.1, -0.05) is 36.4 Å². The number of carbonyl (C=O) groups excluding carboxylic acids is 2. The number of ketones is 1. The van der Waals surface area contributed by atoms with E-state index < -0.39 is 10.8 Å². The first-order valence-electron chi connectivity index (χ1n) is 8.40. The molecule has 0 unspecified atom stereocenters. The van der Waals surface area contributed by atoms with Crippen LogP contribution >= 0.6 is 0 Å². The van der Waals surface area contributed by atoms with Crippen LogP contribution < -0.4 is 10.1 Å². The molecule has 3 aromatic rings. The Morgan fingerprint density at radius 2 is 1.57 bits per heavy atom. The molecule has 0 aliphatic carbocycles. The zero-order valence-electron chi connectivity index (χ0n) is 14.7. The zero-order valence-corrected chi connectivity index (χ0v) is 14.7. The number of nitrogens with zero attached hydrogens (tertiary/aromatic N) is 1. The molecule has 0 aliphatic heterocycles. The largest absolute Gasteiger partial charge is 0.484 e. The standard InChI is InChI=1S/C21H16N2O5/c24-20(22-17-7-4-8-18(13-17)23(26)27)14-28-19-11-9-16(10-12-19)21(25)15-5-2-1-3-6-15/h1-13H,14H2,(H,22,24). The van der Waals surface area contributed by atoms with Gasteiger partial charge in [0.1, 0.15) is 5.75 Å². The second-order valence-electron chi connectivity index (χ2n) is 5.86. The molecule has 0 heterocycles. The normalized spacial score (nSPS) is 10.1. The molecule has 0 saturated heterocycles. The molecule has 0 saturated carbocycles. The Labute approximate surface area is 160 Å². The van der Waals surface area contributed by atoms with Crippen molar-refractivity contribution in [2.75, 3.05) is 11.9 Å². The van der Waals surface area contributed by atoms with Gasteiger partial charge in [0.05, 0.1) is 4.92 Å². The fraction of sp³-hybridized carbons (Fsp3) is 0.0476. The molecular weight excluding hydrogens is 360 g/mol. The van der Waals surface area contributed by atoms with Crippen LogP contribution in [0.1, 0.15) is 15.9 Å². The first-order chi connectivity index (χ1) is 13.5. The number of hydrogen-bond donors (Lipinski definition) is 1. The van der Waals surface area contributed by atoms with E-state index in [1.54, 1.807) is 54.6 Å². The molecule has 7 heteroatoms. The molecule has 140 valence electrons. The van der Waals surface area contributed by atoms with Crippen LogP contribution in [0.5, 0.6) is 5.75 Å². The molecule has 3 aromatic carbocycles. The maximum Gasteiger partial charge on any atom is 0.271 e. The summed E-state index contributed by atoms with van der Waals surface area (Å²) in [5, 5.41) is 13.3. The molecule has 0 aliphatic rings. The van der Waals surface area contributed by atoms with Gasteiger partial charge < -0.3 is 10.1 Å². The van der Waals surface area contributed by atoms with E-state index in [4.69, 9.17) is 4.74 Å². The lowest BCUT2D eigenvalue weighted by molar-refractivity contribution is -0.384. The van der Waals surface area contributed by atoms with Crippen molar-refractivity contribution in [1.82, 2.24) is 0 Å². The Morgan fingerprint density at radius 3 is 2.25 bits per heavy atom. The number of anilines is 1. The Balaban J connectivity index is 1.56. The number of nitrogens with one attached hydrogen (secondary N) is 1. The Bertz CT molecular complexity index is 1000. The zero-order chi connectivity index (χ0) is 19.9. The van der Waals surface area contributed by atoms with Gasteiger partial charge in [0.2, 0.25) is 0 Å². The lowest BCUT2D eigenvalue weighted by atomic mass is 10.0. The summed E-state index contributed by atoms with van der Waals surface area (Å²) in [6.45, 7) is -0.269. The number of non-ortho nitro benzene ring substituents is 1. The maximum atomic E-state index is 12.3. The van der Waals surface area contributed by atoms with Gasteiger partial charge in [-0.25, -0.2) is 0 Å². The quantitative estimate of drug-likeness (QED) is 0.384. The third-order valence-corrected chi connectivity index (χ3v) is 3.86. The average molecular weight is 376 g/mol. The third kappa shape index (κ3) is 4.79. The number of hydrogen-bond acceptors (Lipinski definition) is 5. The molecular formula is C21H16N2O5. The first-order valence-corrected chi connectivity index (χ1v) is 8.40. The highest BCUT2D eigenvalue weighted by atomic mass is 16.6. The molecule has 1 amide bonds. The van der Waals surface area contributed by atoms with Crippen LogP contribution in [0.4, 0.5) is 11.4 Å². The van der Waals surface area contributed by atoms with Crippen molar-refractivity contribution in [3.8, 4) is 5.75 Å². The highest BCUT2D eigenvalue weighted by molar-refractivity contribution is 6.09. The smallest absolute Gasteiger partial charge is 0.271 e. The van der Waals surface area contributed by atoms with Crippen molar-refractivity contribution < 1.29 is 19.2 Å². The predicted octanol–water partition coefficient (Wildman–Crippen LogP) is 3.84. The molecule has 0 bridgehead atoms. The predicted molar refractivity (Wildman–Crippen MR) is 104 cm³/mol. The van der Waals surface area contributed by atoms with Gasteiger partial charge in [-0.15, -0.1) is 0 Å². The summed E-state index contributed by atoms with van der Waals surface area (Å²) in [7, 11) is 0. The summed E-state index contributed by atoms with van der Waals surface area (Å²) in [6, 6.07) is 21.0. The summed E-state index contributed by atoms with van der Waals surface area (Å²) >= 11 is 0. The van der Waals surface area contributed by atoms with E-state index in [2.05, 4.69) is 5.32 Å². The second kappa shape index (κ2) is 8.59. The van der Waals surface area contributed by atoms with E-state index in [9.17, 15) is 19.7 Å². The van der Waals surface area contributed by atoms with Crippen LogP contribution in [0.25, 0.3) is 0 Å². The van der Waals surface area contributed by atoms with Crippen LogP contribution in [0.15, 0.2) is 78.9 Å². The minimum absolute atomic E-state index is 0.101. The molecule has 0 atom stereocenters. The highest BCUT2D eigenvalue weighted by Gasteiger charge is 2.10. The van der Waals surface area contributed by atoms with Crippen LogP contribution in [-0.2, 0) is 4.79 Å². The lowest BCUT2D eigenvalue weighted by Crippen LogP contribution is -2.20. The molecule has 3 rings (SSSR count). The van der Waals surface area contributed by atoms with Crippen LogP contribution in [0.2, 0.25) is 0 Å². The van der Waals surface area contributed by atoms with Gasteiger partial charge in [-0.05, 0) is 30.3 Å². The Morgan fingerprint density at radius 1 is 0.893 bits per heavy atom. The van der Waals surface area contributed by atoms with E-state index in [0.29, 0.717) is 22.6 Å². The number of benzene rings is 3. The third-order valence-electron chi connectivity index (χ3n) is 3.86. The minimum atomic E-state index is -0.537. The number of rotatable bonds is 7. The molecule has 0 aromatic heterocycles. The maximum absolute atomic E-state index is 12.3. The van der Waals surface area contributed by atoms with Gasteiger partial charge in [-0.2, -0.15) is 0 Å². The number of amides is 1. The van der Waals surface area contributed by atoms with Gasteiger partial charge >= 0.3 is 0 Å². The Kier molecular flexibility index (Phi) is 5.76. The molecule has 7 nitrogen and oxygen atoms in total. The lowest BCUT2D eigenvalue weighted by Gasteiger charge is -2.08. The fourth-order valence-corrected chi connectivity index (χ4v) is 2.50. The second-order valence-corrected chi connectivity index (χ2v) is 5.86. The van der Waals surface area contributed by atoms with Gasteiger partial charge in [0.15, 0.2) is 12.4 Å². The summed E-state index contributed by atoms with van der Waals surface area (Å²) in [4.78, 5) is 34.5. The number of nitro groups is 1. The average Bonchev–Trinajstić information content (AvgIpc) is 2.73. The molecule has 28 heavy (non-hydrogen) atoms. The van der Waals surface area contributed by atoms with E-state index >= 15 is 0 Å². The van der Waals surface area contributed by atoms with E-state index in [-0.39, 0.29) is 18.1 Å². The molecule has 0 fully saturated rings. The summed E-state index contributed by atoms with van der Waals surface area (Å²) in [5.74, 6) is -0.126. The van der Waals surface area contributed by atoms with Crippen molar-refractivity contribution in [1.29, 1.82) is 0 Å². The monoisotopic (exact) mass is 376 g/mol. The number of carbonyl (C=O) groups is 2. The van der Waals surface area contributed by atoms with Crippen molar-refractivity contribution in [3.05, 3.63) is 100 Å². The van der Waals surface area contributed by atoms with Crippen molar-refractivity contribution in [2.45, 2.75) is 0 Å². The molecule has 1 N–H and O–H groups in total. The van der Waals surface area contributed by atoms with Crippen LogP contribution in [-0.4, -0.2) is 23.2 Å². The van der Waals surface area contributed by atoms with Crippen molar-refractivity contribution in [3.63, 3.8) is 0 Å². The van der Waals surface area contributed by atoms with E-state index in [1.807, 2.05) is 6.07 Å². The van der Waals surface area contributed by atoms with E-state index in [1.165, 1.54) is 18.2 Å². The number of ether oxygens (including phenoxy) is 1. The first kappa shape index (κ1) is 18.8. The number of nitro benzene ring substituents is 1.